The largest absolute Gasteiger partial charge is 0.370 e. The van der Waals surface area contributed by atoms with Crippen LogP contribution in [-0.4, -0.2) is 49.7 Å². The van der Waals surface area contributed by atoms with Gasteiger partial charge in [0, 0.05) is 32.2 Å². The highest BCUT2D eigenvalue weighted by Gasteiger charge is 2.20. The predicted octanol–water partition coefficient (Wildman–Crippen LogP) is 0.743. The predicted molar refractivity (Wildman–Crippen MR) is 82.8 cm³/mol. The minimum atomic E-state index is -0.0371. The van der Waals surface area contributed by atoms with Crippen molar-refractivity contribution in [1.29, 1.82) is 0 Å². The van der Waals surface area contributed by atoms with Crippen molar-refractivity contribution in [2.75, 3.05) is 32.8 Å². The number of likely N-dealkylation sites (tertiary alicyclic amines) is 1. The molecule has 1 amide bonds. The van der Waals surface area contributed by atoms with Crippen molar-refractivity contribution < 1.29 is 9.53 Å². The van der Waals surface area contributed by atoms with Crippen LogP contribution in [0.5, 0.6) is 0 Å². The molecule has 116 valence electrons. The zero-order chi connectivity index (χ0) is 14.9. The normalized spacial score (nSPS) is 16.8. The summed E-state index contributed by atoms with van der Waals surface area (Å²) < 4.78 is 5.14. The molecule has 1 aliphatic rings. The summed E-state index contributed by atoms with van der Waals surface area (Å²) in [4.78, 5) is 14.1. The second-order valence-corrected chi connectivity index (χ2v) is 5.44. The molecule has 1 fully saturated rings. The van der Waals surface area contributed by atoms with Crippen LogP contribution in [0.2, 0.25) is 0 Å². The van der Waals surface area contributed by atoms with E-state index in [0.29, 0.717) is 13.2 Å². The summed E-state index contributed by atoms with van der Waals surface area (Å²) >= 11 is 0. The molecule has 0 unspecified atom stereocenters. The van der Waals surface area contributed by atoms with Crippen molar-refractivity contribution in [1.82, 2.24) is 10.2 Å². The van der Waals surface area contributed by atoms with Crippen molar-refractivity contribution in [2.45, 2.75) is 25.4 Å². The fourth-order valence-electron chi connectivity index (χ4n) is 2.59. The molecule has 0 spiro atoms. The first kappa shape index (κ1) is 15.9. The van der Waals surface area contributed by atoms with Crippen LogP contribution in [0.4, 0.5) is 0 Å². The molecule has 1 aromatic rings. The van der Waals surface area contributed by atoms with Crippen molar-refractivity contribution in [2.24, 2.45) is 5.73 Å². The number of nitrogens with one attached hydrogen (secondary N) is 1. The average molecular weight is 291 g/mol. The minimum Gasteiger partial charge on any atom is -0.370 e. The Morgan fingerprint density at radius 2 is 2.00 bits per heavy atom. The molecule has 1 aliphatic heterocycles. The molecule has 1 heterocycles. The number of nitrogens with two attached hydrogens (primary N) is 1. The Morgan fingerprint density at radius 3 is 2.67 bits per heavy atom. The maximum absolute atomic E-state index is 11.7. The zero-order valence-corrected chi connectivity index (χ0v) is 12.5. The van der Waals surface area contributed by atoms with Crippen molar-refractivity contribution >= 4 is 5.91 Å². The van der Waals surface area contributed by atoms with Gasteiger partial charge in [0.25, 0.3) is 0 Å². The number of amides is 1. The molecule has 0 radical (unpaired) electrons. The average Bonchev–Trinajstić information content (AvgIpc) is 2.51. The van der Waals surface area contributed by atoms with Crippen molar-refractivity contribution in [3.8, 4) is 0 Å². The third-order valence-corrected chi connectivity index (χ3v) is 3.70. The molecule has 5 heteroatoms. The van der Waals surface area contributed by atoms with E-state index in [1.165, 1.54) is 5.56 Å². The van der Waals surface area contributed by atoms with Crippen LogP contribution in [0.25, 0.3) is 0 Å². The van der Waals surface area contributed by atoms with Gasteiger partial charge < -0.3 is 15.8 Å². The second-order valence-electron chi connectivity index (χ2n) is 5.44. The Balaban J connectivity index is 1.65. The number of ether oxygens (including phenoxy) is 1. The summed E-state index contributed by atoms with van der Waals surface area (Å²) in [5.41, 5.74) is 6.66. The smallest absolute Gasteiger partial charge is 0.246 e. The quantitative estimate of drug-likeness (QED) is 0.727. The van der Waals surface area contributed by atoms with Crippen LogP contribution in [0.3, 0.4) is 0 Å². The Bertz CT molecular complexity index is 417. The van der Waals surface area contributed by atoms with E-state index in [0.717, 1.165) is 32.5 Å². The van der Waals surface area contributed by atoms with Gasteiger partial charge in [-0.05, 0) is 18.4 Å². The molecular weight excluding hydrogens is 266 g/mol. The lowest BCUT2D eigenvalue weighted by atomic mass is 10.0. The number of rotatable bonds is 7. The molecule has 0 aliphatic carbocycles. The lowest BCUT2D eigenvalue weighted by Crippen LogP contribution is -2.45. The van der Waals surface area contributed by atoms with E-state index < -0.39 is 0 Å². The van der Waals surface area contributed by atoms with E-state index in [-0.39, 0.29) is 18.6 Å². The number of hydrogen-bond donors (Lipinski definition) is 2. The summed E-state index contributed by atoms with van der Waals surface area (Å²) in [7, 11) is 0. The van der Waals surface area contributed by atoms with Gasteiger partial charge in [0.2, 0.25) is 5.91 Å². The van der Waals surface area contributed by atoms with Gasteiger partial charge in [-0.25, -0.2) is 0 Å². The number of carbonyl (C=O) groups excluding carboxylic acids is 1. The second kappa shape index (κ2) is 8.77. The van der Waals surface area contributed by atoms with Crippen molar-refractivity contribution in [3.63, 3.8) is 0 Å². The van der Waals surface area contributed by atoms with Crippen LogP contribution in [-0.2, 0) is 16.1 Å². The maximum atomic E-state index is 11.7. The van der Waals surface area contributed by atoms with Gasteiger partial charge in [0.1, 0.15) is 6.61 Å². The lowest BCUT2D eigenvalue weighted by molar-refractivity contribution is -0.126. The molecule has 1 aromatic carbocycles. The zero-order valence-electron chi connectivity index (χ0n) is 12.5. The highest BCUT2D eigenvalue weighted by Crippen LogP contribution is 2.13. The Kier molecular flexibility index (Phi) is 6.66. The molecule has 1 saturated heterocycles. The first-order valence-corrected chi connectivity index (χ1v) is 7.61. The van der Waals surface area contributed by atoms with Crippen LogP contribution in [0, 0.1) is 0 Å². The highest BCUT2D eigenvalue weighted by molar-refractivity contribution is 5.77. The molecule has 3 N–H and O–H groups in total. The number of hydrogen-bond acceptors (Lipinski definition) is 4. The summed E-state index contributed by atoms with van der Waals surface area (Å²) in [6.07, 6.45) is 1.99. The van der Waals surface area contributed by atoms with E-state index in [1.807, 2.05) is 6.07 Å². The lowest BCUT2D eigenvalue weighted by Gasteiger charge is -2.32. The fourth-order valence-corrected chi connectivity index (χ4v) is 2.59. The summed E-state index contributed by atoms with van der Waals surface area (Å²) in [5.74, 6) is -0.0371. The van der Waals surface area contributed by atoms with Gasteiger partial charge in [-0.3, -0.25) is 9.69 Å². The molecule has 5 nitrogen and oxygen atoms in total. The SMILES string of the molecule is NCCOCC(=O)NC1CCN(Cc2ccccc2)CC1. The Morgan fingerprint density at radius 1 is 1.29 bits per heavy atom. The fraction of sp³-hybridized carbons (Fsp3) is 0.562. The van der Waals surface area contributed by atoms with Gasteiger partial charge in [-0.1, -0.05) is 30.3 Å². The van der Waals surface area contributed by atoms with Crippen molar-refractivity contribution in [3.05, 3.63) is 35.9 Å². The topological polar surface area (TPSA) is 67.6 Å². The third-order valence-electron chi connectivity index (χ3n) is 3.70. The minimum absolute atomic E-state index is 0.0371. The molecular formula is C16H25N3O2. The standard InChI is InChI=1S/C16H25N3O2/c17-8-11-21-13-16(20)18-15-6-9-19(10-7-15)12-14-4-2-1-3-5-14/h1-5,15H,6-13,17H2,(H,18,20). The number of benzene rings is 1. The van der Waals surface area contributed by atoms with Crippen LogP contribution in [0.15, 0.2) is 30.3 Å². The van der Waals surface area contributed by atoms with Crippen LogP contribution < -0.4 is 11.1 Å². The number of carbonyl (C=O) groups is 1. The maximum Gasteiger partial charge on any atom is 0.246 e. The number of nitrogens with zero attached hydrogens (tertiary/aromatic N) is 1. The molecule has 0 bridgehead atoms. The van der Waals surface area contributed by atoms with Gasteiger partial charge in [-0.2, -0.15) is 0 Å². The molecule has 2 rings (SSSR count). The van der Waals surface area contributed by atoms with Gasteiger partial charge in [0.15, 0.2) is 0 Å². The monoisotopic (exact) mass is 291 g/mol. The van der Waals surface area contributed by atoms with Crippen LogP contribution in [0.1, 0.15) is 18.4 Å². The first-order chi connectivity index (χ1) is 10.3. The summed E-state index contributed by atoms with van der Waals surface area (Å²) in [6.45, 7) is 4.02. The summed E-state index contributed by atoms with van der Waals surface area (Å²) in [5, 5.41) is 3.03. The third kappa shape index (κ3) is 5.83. The van der Waals surface area contributed by atoms with E-state index in [1.54, 1.807) is 0 Å². The first-order valence-electron chi connectivity index (χ1n) is 7.61. The van der Waals surface area contributed by atoms with Gasteiger partial charge >= 0.3 is 0 Å². The Hall–Kier alpha value is -1.43. The molecule has 0 saturated carbocycles. The van der Waals surface area contributed by atoms with E-state index in [9.17, 15) is 4.79 Å². The molecule has 0 aromatic heterocycles. The number of piperidine rings is 1. The van der Waals surface area contributed by atoms with Gasteiger partial charge in [0.05, 0.1) is 6.61 Å². The Labute approximate surface area is 126 Å². The summed E-state index contributed by atoms with van der Waals surface area (Å²) in [6, 6.07) is 10.8. The van der Waals surface area contributed by atoms with E-state index in [4.69, 9.17) is 10.5 Å². The molecule has 0 atom stereocenters. The van der Waals surface area contributed by atoms with Crippen LogP contribution >= 0.6 is 0 Å². The highest BCUT2D eigenvalue weighted by atomic mass is 16.5. The van der Waals surface area contributed by atoms with E-state index in [2.05, 4.69) is 34.5 Å². The van der Waals surface area contributed by atoms with Gasteiger partial charge in [-0.15, -0.1) is 0 Å². The van der Waals surface area contributed by atoms with E-state index >= 15 is 0 Å². The molecule has 21 heavy (non-hydrogen) atoms.